The van der Waals surface area contributed by atoms with E-state index >= 15 is 0 Å². The summed E-state index contributed by atoms with van der Waals surface area (Å²) in [4.78, 5) is 36.1. The molecule has 0 bridgehead atoms. The highest BCUT2D eigenvalue weighted by Gasteiger charge is 2.45. The first-order valence-electron chi connectivity index (χ1n) is 11.6. The number of carbonyl (C=O) groups is 3. The van der Waals surface area contributed by atoms with Crippen LogP contribution in [0.2, 0.25) is 0 Å². The van der Waals surface area contributed by atoms with Crippen LogP contribution < -0.4 is 0 Å². The van der Waals surface area contributed by atoms with Crippen LogP contribution in [0.3, 0.4) is 0 Å². The zero-order chi connectivity index (χ0) is 24.7. The molecule has 5 unspecified atom stereocenters. The first-order valence-corrected chi connectivity index (χ1v) is 11.6. The number of methoxy groups -OCH3 is 2. The van der Waals surface area contributed by atoms with Crippen molar-refractivity contribution in [1.29, 1.82) is 0 Å². The highest BCUT2D eigenvalue weighted by molar-refractivity contribution is 5.99. The molecule has 184 valence electrons. The Bertz CT molecular complexity index is 836. The molecule has 2 rings (SSSR count). The number of hydrogen-bond acceptors (Lipinski definition) is 7. The summed E-state index contributed by atoms with van der Waals surface area (Å²) in [5.41, 5.74) is 2.42. The Hall–Kier alpha value is -2.57. The number of hydrogen-bond donors (Lipinski definition) is 0. The van der Waals surface area contributed by atoms with E-state index in [1.54, 1.807) is 0 Å². The molecule has 0 radical (unpaired) electrons. The molecule has 0 aromatic carbocycles. The Morgan fingerprint density at radius 1 is 1.06 bits per heavy atom. The van der Waals surface area contributed by atoms with Gasteiger partial charge in [-0.05, 0) is 39.5 Å². The smallest absolute Gasteiger partial charge is 0.309 e. The van der Waals surface area contributed by atoms with Crippen molar-refractivity contribution >= 4 is 17.7 Å². The molecule has 1 saturated heterocycles. The Morgan fingerprint density at radius 3 is 2.30 bits per heavy atom. The van der Waals surface area contributed by atoms with Crippen molar-refractivity contribution in [2.45, 2.75) is 78.9 Å². The number of Topliss-reactive ketones (excluding diaryl/α,β-unsaturated/α-hetero) is 1. The van der Waals surface area contributed by atoms with Gasteiger partial charge in [-0.2, -0.15) is 0 Å². The van der Waals surface area contributed by atoms with Gasteiger partial charge in [-0.1, -0.05) is 37.1 Å². The van der Waals surface area contributed by atoms with Crippen molar-refractivity contribution in [2.75, 3.05) is 14.2 Å². The summed E-state index contributed by atoms with van der Waals surface area (Å²) < 4.78 is 21.5. The van der Waals surface area contributed by atoms with E-state index in [1.165, 1.54) is 32.3 Å². The summed E-state index contributed by atoms with van der Waals surface area (Å²) in [7, 11) is 2.94. The molecule has 0 aromatic heterocycles. The van der Waals surface area contributed by atoms with Gasteiger partial charge in [-0.15, -0.1) is 0 Å². The molecule has 0 spiro atoms. The molecule has 0 N–H and O–H groups in total. The van der Waals surface area contributed by atoms with Crippen LogP contribution in [0.4, 0.5) is 0 Å². The second-order valence-electron chi connectivity index (χ2n) is 9.22. The molecular formula is C26H38O7. The minimum atomic E-state index is -0.894. The Morgan fingerprint density at radius 2 is 1.76 bits per heavy atom. The van der Waals surface area contributed by atoms with Crippen molar-refractivity contribution in [3.63, 3.8) is 0 Å². The van der Waals surface area contributed by atoms with Gasteiger partial charge in [0.25, 0.3) is 0 Å². The van der Waals surface area contributed by atoms with E-state index in [2.05, 4.69) is 26.0 Å². The van der Waals surface area contributed by atoms with Gasteiger partial charge in [0.15, 0.2) is 6.10 Å². The van der Waals surface area contributed by atoms with Crippen molar-refractivity contribution in [1.82, 2.24) is 0 Å². The van der Waals surface area contributed by atoms with E-state index in [9.17, 15) is 14.4 Å². The first-order chi connectivity index (χ1) is 15.6. The number of carbonyl (C=O) groups excluding carboxylic acids is 3. The zero-order valence-electron chi connectivity index (χ0n) is 20.9. The predicted octanol–water partition coefficient (Wildman–Crippen LogP) is 4.66. The molecular weight excluding hydrogens is 424 g/mol. The average molecular weight is 463 g/mol. The van der Waals surface area contributed by atoms with Crippen LogP contribution in [0.5, 0.6) is 0 Å². The van der Waals surface area contributed by atoms with E-state index in [0.29, 0.717) is 12.2 Å². The van der Waals surface area contributed by atoms with E-state index in [0.717, 1.165) is 25.7 Å². The summed E-state index contributed by atoms with van der Waals surface area (Å²) in [6.07, 6.45) is 7.30. The predicted molar refractivity (Wildman–Crippen MR) is 124 cm³/mol. The third-order valence-electron chi connectivity index (χ3n) is 6.49. The molecule has 33 heavy (non-hydrogen) atoms. The Labute approximate surface area is 197 Å². The van der Waals surface area contributed by atoms with Gasteiger partial charge < -0.3 is 18.9 Å². The van der Waals surface area contributed by atoms with Crippen molar-refractivity contribution < 1.29 is 33.3 Å². The van der Waals surface area contributed by atoms with Gasteiger partial charge in [0.1, 0.15) is 11.9 Å². The molecule has 1 heterocycles. The highest BCUT2D eigenvalue weighted by atomic mass is 16.6. The van der Waals surface area contributed by atoms with Crippen molar-refractivity contribution in [2.24, 2.45) is 17.8 Å². The third kappa shape index (κ3) is 6.95. The van der Waals surface area contributed by atoms with Crippen LogP contribution >= 0.6 is 0 Å². The van der Waals surface area contributed by atoms with Crippen LogP contribution in [0.1, 0.15) is 66.7 Å². The number of esters is 2. The minimum Gasteiger partial charge on any atom is -0.497 e. The monoisotopic (exact) mass is 462 g/mol. The normalized spacial score (nSPS) is 28.6. The maximum Gasteiger partial charge on any atom is 0.309 e. The van der Waals surface area contributed by atoms with Gasteiger partial charge in [-0.25, -0.2) is 0 Å². The van der Waals surface area contributed by atoms with E-state index in [1.807, 2.05) is 13.8 Å². The SMILES string of the molecule is COC1=C(OC)C(C)C(C/C=C(\C)CC/C=C(\C)CC2CC(C)C(=O)O2)C(OC(C)=O)C1=O. The third-order valence-corrected chi connectivity index (χ3v) is 6.49. The maximum absolute atomic E-state index is 12.9. The summed E-state index contributed by atoms with van der Waals surface area (Å²) >= 11 is 0. The van der Waals surface area contributed by atoms with Gasteiger partial charge in [0.2, 0.25) is 11.5 Å². The lowest BCUT2D eigenvalue weighted by atomic mass is 9.77. The van der Waals surface area contributed by atoms with Gasteiger partial charge in [0.05, 0.1) is 20.1 Å². The fraction of sp³-hybridized carbons (Fsp3) is 0.654. The number of cyclic esters (lactones) is 1. The molecule has 1 aliphatic carbocycles. The summed E-state index contributed by atoms with van der Waals surface area (Å²) in [5, 5.41) is 0. The summed E-state index contributed by atoms with van der Waals surface area (Å²) in [6, 6.07) is 0. The number of rotatable bonds is 10. The van der Waals surface area contributed by atoms with Gasteiger partial charge in [0, 0.05) is 25.2 Å². The quantitative estimate of drug-likeness (QED) is 0.344. The number of ether oxygens (including phenoxy) is 4. The molecule has 0 saturated carbocycles. The topological polar surface area (TPSA) is 88.1 Å². The standard InChI is InChI=1S/C26H38O7/c1-15(9-8-10-16(2)13-20-14-17(3)26(29)33-20)11-12-21-18(4)23(30-6)25(31-7)22(28)24(21)32-19(5)27/h10-11,17-18,20-21,24H,8-9,12-14H2,1-7H3/b15-11+,16-10+. The van der Waals surface area contributed by atoms with Crippen LogP contribution in [0, 0.1) is 17.8 Å². The Balaban J connectivity index is 2.00. The average Bonchev–Trinajstić information content (AvgIpc) is 3.05. The first kappa shape index (κ1) is 26.7. The van der Waals surface area contributed by atoms with E-state index in [4.69, 9.17) is 18.9 Å². The van der Waals surface area contributed by atoms with Crippen LogP contribution in [0.25, 0.3) is 0 Å². The highest BCUT2D eigenvalue weighted by Crippen LogP contribution is 2.38. The molecule has 7 nitrogen and oxygen atoms in total. The fourth-order valence-electron chi connectivity index (χ4n) is 4.61. The van der Waals surface area contributed by atoms with Gasteiger partial charge in [-0.3, -0.25) is 14.4 Å². The van der Waals surface area contributed by atoms with Crippen LogP contribution in [-0.4, -0.2) is 44.1 Å². The Kier molecular flexibility index (Phi) is 9.74. The second kappa shape index (κ2) is 12.1. The van der Waals surface area contributed by atoms with E-state index in [-0.39, 0.29) is 41.4 Å². The number of allylic oxidation sites excluding steroid dienone is 4. The van der Waals surface area contributed by atoms with Gasteiger partial charge >= 0.3 is 11.9 Å². The van der Waals surface area contributed by atoms with E-state index < -0.39 is 12.1 Å². The fourth-order valence-corrected chi connectivity index (χ4v) is 4.61. The summed E-state index contributed by atoms with van der Waals surface area (Å²) in [6.45, 7) is 9.30. The lowest BCUT2D eigenvalue weighted by Gasteiger charge is -2.35. The second-order valence-corrected chi connectivity index (χ2v) is 9.22. The lowest BCUT2D eigenvalue weighted by Crippen LogP contribution is -2.43. The lowest BCUT2D eigenvalue weighted by molar-refractivity contribution is -0.159. The largest absolute Gasteiger partial charge is 0.497 e. The molecule has 0 aromatic rings. The molecule has 1 aliphatic heterocycles. The van der Waals surface area contributed by atoms with Crippen molar-refractivity contribution in [3.8, 4) is 0 Å². The minimum absolute atomic E-state index is 0.00807. The van der Waals surface area contributed by atoms with Crippen LogP contribution in [0.15, 0.2) is 34.8 Å². The summed E-state index contributed by atoms with van der Waals surface area (Å²) in [5.74, 6) is -0.732. The number of ketones is 1. The molecule has 0 amide bonds. The maximum atomic E-state index is 12.9. The molecule has 2 aliphatic rings. The van der Waals surface area contributed by atoms with Crippen molar-refractivity contribution in [3.05, 3.63) is 34.8 Å². The molecule has 1 fully saturated rings. The van der Waals surface area contributed by atoms with Crippen LogP contribution in [-0.2, 0) is 33.3 Å². The zero-order valence-corrected chi connectivity index (χ0v) is 20.9. The molecule has 7 heteroatoms. The molecule has 5 atom stereocenters.